The second kappa shape index (κ2) is 5.17. The van der Waals surface area contributed by atoms with Gasteiger partial charge in [-0.15, -0.1) is 0 Å². The zero-order chi connectivity index (χ0) is 13.0. The van der Waals surface area contributed by atoms with Gasteiger partial charge in [0.15, 0.2) is 0 Å². The molecule has 7 nitrogen and oxygen atoms in total. The fraction of sp³-hybridized carbons (Fsp3) is 0.182. The van der Waals surface area contributed by atoms with E-state index in [1.165, 1.54) is 6.07 Å². The number of nitrogens with two attached hydrogens (primary N) is 2. The van der Waals surface area contributed by atoms with E-state index in [1.54, 1.807) is 16.9 Å². The Morgan fingerprint density at radius 1 is 1.44 bits per heavy atom. The Labute approximate surface area is 104 Å². The second-order valence-electron chi connectivity index (χ2n) is 3.69. The van der Waals surface area contributed by atoms with E-state index in [9.17, 15) is 4.79 Å². The molecule has 0 saturated carbocycles. The molecule has 1 amide bonds. The maximum Gasteiger partial charge on any atom is 0.267 e. The quantitative estimate of drug-likeness (QED) is 0.691. The number of nitrogens with zero attached hydrogens (tertiary/aromatic N) is 3. The summed E-state index contributed by atoms with van der Waals surface area (Å²) in [6, 6.07) is 4.94. The Kier molecular flexibility index (Phi) is 3.42. The van der Waals surface area contributed by atoms with Gasteiger partial charge in [-0.2, -0.15) is 5.10 Å². The first-order valence-corrected chi connectivity index (χ1v) is 5.44. The first-order chi connectivity index (χ1) is 8.66. The predicted molar refractivity (Wildman–Crippen MR) is 67.9 cm³/mol. The van der Waals surface area contributed by atoms with E-state index >= 15 is 0 Å². The summed E-state index contributed by atoms with van der Waals surface area (Å²) in [7, 11) is 0. The van der Waals surface area contributed by atoms with Crippen molar-refractivity contribution in [3.63, 3.8) is 0 Å². The Balaban J connectivity index is 2.00. The zero-order valence-corrected chi connectivity index (χ0v) is 9.71. The Bertz CT molecular complexity index is 536. The number of rotatable bonds is 5. The van der Waals surface area contributed by atoms with Crippen molar-refractivity contribution in [1.29, 1.82) is 0 Å². The van der Waals surface area contributed by atoms with Gasteiger partial charge < -0.3 is 16.8 Å². The van der Waals surface area contributed by atoms with Gasteiger partial charge in [0, 0.05) is 18.9 Å². The minimum Gasteiger partial charge on any atom is -0.396 e. The van der Waals surface area contributed by atoms with E-state index in [0.29, 0.717) is 24.6 Å². The maximum atomic E-state index is 11.0. The third-order valence-electron chi connectivity index (χ3n) is 2.37. The van der Waals surface area contributed by atoms with Crippen LogP contribution >= 0.6 is 0 Å². The molecule has 2 aromatic heterocycles. The molecule has 18 heavy (non-hydrogen) atoms. The van der Waals surface area contributed by atoms with Crippen LogP contribution in [-0.2, 0) is 6.54 Å². The molecule has 2 rings (SSSR count). The molecule has 0 aliphatic carbocycles. The Hall–Kier alpha value is -2.57. The lowest BCUT2D eigenvalue weighted by Crippen LogP contribution is -2.17. The molecule has 94 valence electrons. The van der Waals surface area contributed by atoms with Gasteiger partial charge in [0.1, 0.15) is 11.5 Å². The monoisotopic (exact) mass is 246 g/mol. The second-order valence-corrected chi connectivity index (χ2v) is 3.69. The van der Waals surface area contributed by atoms with Crippen molar-refractivity contribution in [2.24, 2.45) is 5.73 Å². The van der Waals surface area contributed by atoms with Gasteiger partial charge in [0.25, 0.3) is 5.91 Å². The van der Waals surface area contributed by atoms with E-state index < -0.39 is 5.91 Å². The topological polar surface area (TPSA) is 112 Å². The molecule has 0 atom stereocenters. The van der Waals surface area contributed by atoms with E-state index in [2.05, 4.69) is 15.4 Å². The fourth-order valence-electron chi connectivity index (χ4n) is 1.47. The van der Waals surface area contributed by atoms with Crippen LogP contribution in [0, 0.1) is 0 Å². The van der Waals surface area contributed by atoms with Gasteiger partial charge in [-0.1, -0.05) is 0 Å². The lowest BCUT2D eigenvalue weighted by atomic mass is 10.3. The number of amides is 1. The molecule has 0 aromatic carbocycles. The number of primary amides is 1. The van der Waals surface area contributed by atoms with Gasteiger partial charge in [0.05, 0.1) is 12.2 Å². The number of carbonyl (C=O) groups excluding carboxylic acids is 1. The van der Waals surface area contributed by atoms with Crippen molar-refractivity contribution >= 4 is 17.4 Å². The summed E-state index contributed by atoms with van der Waals surface area (Å²) in [4.78, 5) is 15.1. The van der Waals surface area contributed by atoms with Gasteiger partial charge in [-0.3, -0.25) is 9.48 Å². The molecule has 0 saturated heterocycles. The highest BCUT2D eigenvalue weighted by atomic mass is 16.1. The first kappa shape index (κ1) is 11.9. The summed E-state index contributed by atoms with van der Waals surface area (Å²) in [6.07, 6.45) is 3.57. The molecule has 7 heteroatoms. The third-order valence-corrected chi connectivity index (χ3v) is 2.37. The number of anilines is 2. The minimum atomic E-state index is -0.579. The standard InChI is InChI=1S/C11H14N6O/c12-8-2-3-9(10(13)18)16-11(8)14-5-7-17-6-1-4-15-17/h1-4,6H,5,7,12H2,(H2,13,18)(H,14,16). The van der Waals surface area contributed by atoms with Crippen molar-refractivity contribution in [3.8, 4) is 0 Å². The number of carbonyl (C=O) groups is 1. The Morgan fingerprint density at radius 2 is 2.28 bits per heavy atom. The summed E-state index contributed by atoms with van der Waals surface area (Å²) in [5, 5.41) is 7.11. The highest BCUT2D eigenvalue weighted by molar-refractivity contribution is 5.91. The summed E-state index contributed by atoms with van der Waals surface area (Å²) in [5.41, 5.74) is 11.6. The summed E-state index contributed by atoms with van der Waals surface area (Å²) >= 11 is 0. The average Bonchev–Trinajstić information content (AvgIpc) is 2.84. The van der Waals surface area contributed by atoms with Gasteiger partial charge >= 0.3 is 0 Å². The maximum absolute atomic E-state index is 11.0. The highest BCUT2D eigenvalue weighted by Gasteiger charge is 2.06. The molecule has 0 aliphatic rings. The first-order valence-electron chi connectivity index (χ1n) is 5.44. The molecule has 2 aromatic rings. The third kappa shape index (κ3) is 2.76. The van der Waals surface area contributed by atoms with Crippen molar-refractivity contribution in [1.82, 2.24) is 14.8 Å². The van der Waals surface area contributed by atoms with E-state index in [4.69, 9.17) is 11.5 Å². The molecular formula is C11H14N6O. The molecule has 0 spiro atoms. The molecule has 0 radical (unpaired) electrons. The van der Waals surface area contributed by atoms with Crippen LogP contribution in [0.15, 0.2) is 30.6 Å². The lowest BCUT2D eigenvalue weighted by Gasteiger charge is -2.09. The van der Waals surface area contributed by atoms with Crippen molar-refractivity contribution in [3.05, 3.63) is 36.3 Å². The van der Waals surface area contributed by atoms with Crippen LogP contribution in [0.3, 0.4) is 0 Å². The average molecular weight is 246 g/mol. The van der Waals surface area contributed by atoms with E-state index in [-0.39, 0.29) is 5.69 Å². The van der Waals surface area contributed by atoms with Crippen LogP contribution in [0.1, 0.15) is 10.5 Å². The number of aromatic nitrogens is 3. The van der Waals surface area contributed by atoms with Gasteiger partial charge in [-0.25, -0.2) is 4.98 Å². The summed E-state index contributed by atoms with van der Waals surface area (Å²) in [6.45, 7) is 1.27. The summed E-state index contributed by atoms with van der Waals surface area (Å²) < 4.78 is 1.78. The van der Waals surface area contributed by atoms with E-state index in [1.807, 2.05) is 12.3 Å². The molecule has 0 fully saturated rings. The van der Waals surface area contributed by atoms with Gasteiger partial charge in [0.2, 0.25) is 0 Å². The molecule has 5 N–H and O–H groups in total. The van der Waals surface area contributed by atoms with Crippen molar-refractivity contribution in [2.45, 2.75) is 6.54 Å². The highest BCUT2D eigenvalue weighted by Crippen LogP contribution is 2.15. The predicted octanol–water partition coefficient (Wildman–Crippen LogP) is 0.0713. The number of hydrogen-bond donors (Lipinski definition) is 3. The Morgan fingerprint density at radius 3 is 2.94 bits per heavy atom. The van der Waals surface area contributed by atoms with Crippen LogP contribution in [0.4, 0.5) is 11.5 Å². The van der Waals surface area contributed by atoms with Crippen LogP contribution in [0.5, 0.6) is 0 Å². The van der Waals surface area contributed by atoms with Crippen LogP contribution in [0.2, 0.25) is 0 Å². The van der Waals surface area contributed by atoms with Crippen LogP contribution in [-0.4, -0.2) is 27.2 Å². The molecule has 2 heterocycles. The SMILES string of the molecule is NC(=O)c1ccc(N)c(NCCn2cccn2)n1. The van der Waals surface area contributed by atoms with Gasteiger partial charge in [-0.05, 0) is 18.2 Å². The van der Waals surface area contributed by atoms with Crippen LogP contribution < -0.4 is 16.8 Å². The molecular weight excluding hydrogens is 232 g/mol. The molecule has 0 unspecified atom stereocenters. The fourth-order valence-corrected chi connectivity index (χ4v) is 1.47. The zero-order valence-electron chi connectivity index (χ0n) is 9.71. The van der Waals surface area contributed by atoms with Crippen molar-refractivity contribution in [2.75, 3.05) is 17.6 Å². The lowest BCUT2D eigenvalue weighted by molar-refractivity contribution is 0.0996. The normalized spacial score (nSPS) is 10.2. The number of nitrogens with one attached hydrogen (secondary N) is 1. The van der Waals surface area contributed by atoms with Crippen LogP contribution in [0.25, 0.3) is 0 Å². The minimum absolute atomic E-state index is 0.186. The van der Waals surface area contributed by atoms with E-state index in [0.717, 1.165) is 0 Å². The smallest absolute Gasteiger partial charge is 0.267 e. The van der Waals surface area contributed by atoms with Crippen molar-refractivity contribution < 1.29 is 4.79 Å². The molecule has 0 aliphatic heterocycles. The summed E-state index contributed by atoms with van der Waals surface area (Å²) in [5.74, 6) is -0.122. The largest absolute Gasteiger partial charge is 0.396 e. The molecule has 0 bridgehead atoms. The number of nitrogen functional groups attached to an aromatic ring is 1. The number of pyridine rings is 1. The number of hydrogen-bond acceptors (Lipinski definition) is 5.